The molecule has 130 valence electrons. The molecule has 0 atom stereocenters. The number of nitrogens with one attached hydrogen (secondary N) is 2. The maximum absolute atomic E-state index is 12.2. The summed E-state index contributed by atoms with van der Waals surface area (Å²) in [4.78, 5) is 23.6. The molecule has 0 fully saturated rings. The summed E-state index contributed by atoms with van der Waals surface area (Å²) in [6, 6.07) is 11.5. The van der Waals surface area contributed by atoms with Gasteiger partial charge in [0.15, 0.2) is 5.11 Å². The average Bonchev–Trinajstić information content (AvgIpc) is 2.61. The quantitative estimate of drug-likeness (QED) is 0.580. The highest BCUT2D eigenvalue weighted by Crippen LogP contribution is 2.25. The first-order chi connectivity index (χ1) is 11.9. The molecule has 25 heavy (non-hydrogen) atoms. The van der Waals surface area contributed by atoms with Crippen LogP contribution in [0.2, 0.25) is 0 Å². The molecule has 0 radical (unpaired) electrons. The molecule has 0 bridgehead atoms. The summed E-state index contributed by atoms with van der Waals surface area (Å²) in [7, 11) is 2.86. The topological polar surface area (TPSA) is 76.7 Å². The van der Waals surface area contributed by atoms with Crippen molar-refractivity contribution in [3.8, 4) is 5.75 Å². The van der Waals surface area contributed by atoms with Gasteiger partial charge in [-0.05, 0) is 70.6 Å². The van der Waals surface area contributed by atoms with Crippen LogP contribution in [-0.4, -0.2) is 31.2 Å². The molecule has 0 aromatic heterocycles. The number of carbonyl (C=O) groups is 2. The van der Waals surface area contributed by atoms with Gasteiger partial charge >= 0.3 is 5.97 Å². The van der Waals surface area contributed by atoms with Crippen LogP contribution in [0.5, 0.6) is 5.75 Å². The lowest BCUT2D eigenvalue weighted by molar-refractivity contribution is 0.0600. The number of anilines is 1. The minimum atomic E-state index is -0.424. The van der Waals surface area contributed by atoms with Crippen LogP contribution in [0.4, 0.5) is 5.69 Å². The largest absolute Gasteiger partial charge is 0.496 e. The first-order valence-corrected chi connectivity index (χ1v) is 8.29. The van der Waals surface area contributed by atoms with E-state index < -0.39 is 5.97 Å². The molecule has 0 saturated heterocycles. The van der Waals surface area contributed by atoms with Crippen LogP contribution in [0.15, 0.2) is 46.9 Å². The summed E-state index contributed by atoms with van der Waals surface area (Å²) >= 11 is 8.46. The molecule has 2 N–H and O–H groups in total. The van der Waals surface area contributed by atoms with Gasteiger partial charge in [0.25, 0.3) is 5.91 Å². The van der Waals surface area contributed by atoms with Crippen molar-refractivity contribution in [3.63, 3.8) is 0 Å². The molecule has 2 rings (SSSR count). The molecule has 0 heterocycles. The van der Waals surface area contributed by atoms with E-state index in [1.54, 1.807) is 49.6 Å². The Morgan fingerprint density at radius 1 is 1.04 bits per heavy atom. The Balaban J connectivity index is 1.98. The minimum Gasteiger partial charge on any atom is -0.496 e. The summed E-state index contributed by atoms with van der Waals surface area (Å²) in [5.74, 6) is -0.150. The fourth-order valence-electron chi connectivity index (χ4n) is 1.95. The molecule has 0 spiro atoms. The first-order valence-electron chi connectivity index (χ1n) is 7.09. The lowest BCUT2D eigenvalue weighted by atomic mass is 10.2. The number of benzene rings is 2. The predicted molar refractivity (Wildman–Crippen MR) is 102 cm³/mol. The van der Waals surface area contributed by atoms with Gasteiger partial charge in [-0.1, -0.05) is 0 Å². The average molecular weight is 423 g/mol. The molecule has 8 heteroatoms. The van der Waals surface area contributed by atoms with Crippen LogP contribution in [-0.2, 0) is 4.74 Å². The van der Waals surface area contributed by atoms with E-state index in [-0.39, 0.29) is 11.0 Å². The van der Waals surface area contributed by atoms with E-state index >= 15 is 0 Å². The second kappa shape index (κ2) is 8.59. The maximum atomic E-state index is 12.2. The Hall–Kier alpha value is -2.45. The Bertz CT molecular complexity index is 809. The third kappa shape index (κ3) is 5.01. The molecule has 6 nitrogen and oxygen atoms in total. The summed E-state index contributed by atoms with van der Waals surface area (Å²) < 4.78 is 10.4. The number of hydrogen-bond acceptors (Lipinski definition) is 5. The zero-order chi connectivity index (χ0) is 18.4. The molecular weight excluding hydrogens is 408 g/mol. The van der Waals surface area contributed by atoms with Crippen LogP contribution in [0.3, 0.4) is 0 Å². The fourth-order valence-corrected chi connectivity index (χ4v) is 2.70. The van der Waals surface area contributed by atoms with E-state index in [1.165, 1.54) is 7.11 Å². The van der Waals surface area contributed by atoms with E-state index in [4.69, 9.17) is 17.0 Å². The second-order valence-corrected chi connectivity index (χ2v) is 6.09. The van der Waals surface area contributed by atoms with Crippen LogP contribution in [0, 0.1) is 0 Å². The molecule has 2 aromatic rings. The summed E-state index contributed by atoms with van der Waals surface area (Å²) in [5, 5.41) is 5.60. The van der Waals surface area contributed by atoms with E-state index in [2.05, 4.69) is 31.3 Å². The number of hydrogen-bond donors (Lipinski definition) is 2. The molecule has 0 unspecified atom stereocenters. The van der Waals surface area contributed by atoms with Gasteiger partial charge < -0.3 is 14.8 Å². The second-order valence-electron chi connectivity index (χ2n) is 4.83. The highest BCUT2D eigenvalue weighted by atomic mass is 79.9. The van der Waals surface area contributed by atoms with Crippen molar-refractivity contribution in [3.05, 3.63) is 58.1 Å². The third-order valence-corrected chi connectivity index (χ3v) is 4.03. The van der Waals surface area contributed by atoms with Crippen molar-refractivity contribution < 1.29 is 19.1 Å². The van der Waals surface area contributed by atoms with Crippen molar-refractivity contribution in [1.82, 2.24) is 5.32 Å². The normalized spacial score (nSPS) is 9.88. The van der Waals surface area contributed by atoms with E-state index in [9.17, 15) is 9.59 Å². The van der Waals surface area contributed by atoms with Crippen LogP contribution in [0.25, 0.3) is 0 Å². The molecule has 0 saturated carbocycles. The Labute approximate surface area is 158 Å². The van der Waals surface area contributed by atoms with Crippen molar-refractivity contribution >= 4 is 50.8 Å². The molecule has 0 aliphatic carbocycles. The minimum absolute atomic E-state index is 0.141. The van der Waals surface area contributed by atoms with E-state index in [0.717, 1.165) is 0 Å². The Kier molecular flexibility index (Phi) is 6.49. The van der Waals surface area contributed by atoms with Gasteiger partial charge in [0.2, 0.25) is 0 Å². The highest BCUT2D eigenvalue weighted by molar-refractivity contribution is 9.10. The van der Waals surface area contributed by atoms with Crippen molar-refractivity contribution in [1.29, 1.82) is 0 Å². The molecule has 0 aliphatic rings. The number of ether oxygens (including phenoxy) is 2. The molecule has 0 aliphatic heterocycles. The summed E-state index contributed by atoms with van der Waals surface area (Å²) in [5.41, 5.74) is 1.48. The Morgan fingerprint density at radius 2 is 1.68 bits per heavy atom. The molecule has 2 aromatic carbocycles. The van der Waals surface area contributed by atoms with E-state index in [1.807, 2.05) is 0 Å². The maximum Gasteiger partial charge on any atom is 0.337 e. The number of thiocarbonyl (C=S) groups is 1. The monoisotopic (exact) mass is 422 g/mol. The zero-order valence-corrected chi connectivity index (χ0v) is 15.9. The number of esters is 1. The van der Waals surface area contributed by atoms with E-state index in [0.29, 0.717) is 27.0 Å². The van der Waals surface area contributed by atoms with Crippen LogP contribution < -0.4 is 15.4 Å². The standard InChI is InChI=1S/C17H15BrN2O4S/c1-23-14-8-5-11(9-13(14)18)15(21)20-17(25)19-12-6-3-10(4-7-12)16(22)24-2/h3-9H,1-2H3,(H2,19,20,21,25). The van der Waals surface area contributed by atoms with Gasteiger partial charge in [-0.15, -0.1) is 0 Å². The van der Waals surface area contributed by atoms with Gasteiger partial charge in [0.1, 0.15) is 5.75 Å². The zero-order valence-electron chi connectivity index (χ0n) is 13.5. The lowest BCUT2D eigenvalue weighted by Crippen LogP contribution is -2.34. The van der Waals surface area contributed by atoms with Crippen LogP contribution in [0.1, 0.15) is 20.7 Å². The van der Waals surface area contributed by atoms with Gasteiger partial charge in [-0.2, -0.15) is 0 Å². The number of carbonyl (C=O) groups excluding carboxylic acids is 2. The summed E-state index contributed by atoms with van der Waals surface area (Å²) in [6.45, 7) is 0. The number of methoxy groups -OCH3 is 2. The number of rotatable bonds is 4. The predicted octanol–water partition coefficient (Wildman–Crippen LogP) is 3.37. The summed E-state index contributed by atoms with van der Waals surface area (Å²) in [6.07, 6.45) is 0. The van der Waals surface area contributed by atoms with Gasteiger partial charge in [0, 0.05) is 11.3 Å². The lowest BCUT2D eigenvalue weighted by Gasteiger charge is -2.11. The number of halogens is 1. The Morgan fingerprint density at radius 3 is 2.24 bits per heavy atom. The number of amides is 1. The van der Waals surface area contributed by atoms with Gasteiger partial charge in [-0.3, -0.25) is 10.1 Å². The smallest absolute Gasteiger partial charge is 0.337 e. The highest BCUT2D eigenvalue weighted by Gasteiger charge is 2.11. The SMILES string of the molecule is COC(=O)c1ccc(NC(=S)NC(=O)c2ccc(OC)c(Br)c2)cc1. The van der Waals surface area contributed by atoms with Crippen molar-refractivity contribution in [2.24, 2.45) is 0 Å². The van der Waals surface area contributed by atoms with Crippen molar-refractivity contribution in [2.75, 3.05) is 19.5 Å². The van der Waals surface area contributed by atoms with Gasteiger partial charge in [0.05, 0.1) is 24.3 Å². The molecule has 1 amide bonds. The van der Waals surface area contributed by atoms with Gasteiger partial charge in [-0.25, -0.2) is 4.79 Å². The molecular formula is C17H15BrN2O4S. The van der Waals surface area contributed by atoms with Crippen molar-refractivity contribution in [2.45, 2.75) is 0 Å². The third-order valence-electron chi connectivity index (χ3n) is 3.20. The first kappa shape index (κ1) is 18.9. The fraction of sp³-hybridized carbons (Fsp3) is 0.118. The van der Waals surface area contributed by atoms with Crippen LogP contribution >= 0.6 is 28.1 Å².